The first-order valence-corrected chi connectivity index (χ1v) is 4.34. The average molecular weight is 174 g/mol. The van der Waals surface area contributed by atoms with Crippen LogP contribution in [0.2, 0.25) is 0 Å². The van der Waals surface area contributed by atoms with Crippen molar-refractivity contribution in [1.29, 1.82) is 0 Å². The van der Waals surface area contributed by atoms with Gasteiger partial charge in [-0.2, -0.15) is 10.2 Å². The zero-order valence-electron chi connectivity index (χ0n) is 8.07. The molecule has 1 rings (SSSR count). The van der Waals surface area contributed by atoms with Crippen molar-refractivity contribution in [2.24, 2.45) is 16.1 Å². The van der Waals surface area contributed by atoms with E-state index in [0.717, 1.165) is 11.3 Å². The summed E-state index contributed by atoms with van der Waals surface area (Å²) in [6.45, 7) is 7.56. The molecule has 1 aromatic rings. The Morgan fingerprint density at radius 2 is 1.85 bits per heavy atom. The zero-order valence-corrected chi connectivity index (χ0v) is 8.07. The van der Waals surface area contributed by atoms with E-state index in [9.17, 15) is 0 Å². The molecule has 0 aliphatic rings. The highest BCUT2D eigenvalue weighted by atomic mass is 15.2. The lowest BCUT2D eigenvalue weighted by Crippen LogP contribution is -2.08. The van der Waals surface area contributed by atoms with Crippen LogP contribution in [0.5, 0.6) is 0 Å². The van der Waals surface area contributed by atoms with Crippen LogP contribution in [0.4, 0.5) is 0 Å². The molecule has 2 heteroatoms. The highest BCUT2D eigenvalue weighted by Crippen LogP contribution is 2.09. The minimum absolute atomic E-state index is 0.368. The van der Waals surface area contributed by atoms with Crippen LogP contribution in [0.1, 0.15) is 19.4 Å². The summed E-state index contributed by atoms with van der Waals surface area (Å²) < 4.78 is 0. The van der Waals surface area contributed by atoms with E-state index in [1.165, 1.54) is 0 Å². The summed E-state index contributed by atoms with van der Waals surface area (Å²) in [5.41, 5.74) is 2.10. The normalized spacial score (nSPS) is 11.8. The third-order valence-electron chi connectivity index (χ3n) is 1.79. The second-order valence-electron chi connectivity index (χ2n) is 3.15. The summed E-state index contributed by atoms with van der Waals surface area (Å²) >= 11 is 0. The first kappa shape index (κ1) is 9.65. The molecule has 68 valence electrons. The molecule has 0 aliphatic carbocycles. The van der Waals surface area contributed by atoms with E-state index in [4.69, 9.17) is 0 Å². The van der Waals surface area contributed by atoms with Crippen LogP contribution in [0.3, 0.4) is 0 Å². The minimum Gasteiger partial charge on any atom is -0.167 e. The SMILES string of the molecule is C=N/N=C(\c1ccccc1)C(C)C. The summed E-state index contributed by atoms with van der Waals surface area (Å²) in [7, 11) is 0. The Labute approximate surface area is 79.0 Å². The predicted molar refractivity (Wildman–Crippen MR) is 57.4 cm³/mol. The first-order valence-electron chi connectivity index (χ1n) is 4.34. The Balaban J connectivity index is 3.03. The molecular formula is C11H14N2. The maximum Gasteiger partial charge on any atom is 0.0727 e. The Morgan fingerprint density at radius 3 is 2.31 bits per heavy atom. The van der Waals surface area contributed by atoms with Crippen LogP contribution < -0.4 is 0 Å². The molecule has 0 bridgehead atoms. The molecule has 0 unspecified atom stereocenters. The van der Waals surface area contributed by atoms with Gasteiger partial charge < -0.3 is 0 Å². The van der Waals surface area contributed by atoms with E-state index in [-0.39, 0.29) is 0 Å². The maximum atomic E-state index is 4.02. The average Bonchev–Trinajstić information content (AvgIpc) is 2.15. The van der Waals surface area contributed by atoms with Crippen LogP contribution in [0.25, 0.3) is 0 Å². The highest BCUT2D eigenvalue weighted by molar-refractivity contribution is 6.01. The smallest absolute Gasteiger partial charge is 0.0727 e. The monoisotopic (exact) mass is 174 g/mol. The molecule has 0 spiro atoms. The number of benzene rings is 1. The van der Waals surface area contributed by atoms with Gasteiger partial charge in [-0.25, -0.2) is 0 Å². The van der Waals surface area contributed by atoms with Gasteiger partial charge in [-0.3, -0.25) is 0 Å². The molecule has 1 aromatic carbocycles. The molecule has 0 amide bonds. The molecule has 0 atom stereocenters. The van der Waals surface area contributed by atoms with Crippen LogP contribution >= 0.6 is 0 Å². The minimum atomic E-state index is 0.368. The molecule has 0 radical (unpaired) electrons. The summed E-state index contributed by atoms with van der Waals surface area (Å²) in [5, 5.41) is 7.60. The van der Waals surface area contributed by atoms with Crippen molar-refractivity contribution in [3.63, 3.8) is 0 Å². The van der Waals surface area contributed by atoms with Gasteiger partial charge in [-0.15, -0.1) is 0 Å². The van der Waals surface area contributed by atoms with Crippen molar-refractivity contribution in [2.75, 3.05) is 0 Å². The second-order valence-corrected chi connectivity index (χ2v) is 3.15. The molecule has 13 heavy (non-hydrogen) atoms. The van der Waals surface area contributed by atoms with Crippen molar-refractivity contribution in [3.05, 3.63) is 35.9 Å². The number of nitrogens with zero attached hydrogens (tertiary/aromatic N) is 2. The summed E-state index contributed by atoms with van der Waals surface area (Å²) in [6, 6.07) is 10.0. The first-order chi connectivity index (χ1) is 6.25. The number of hydrogen-bond donors (Lipinski definition) is 0. The fourth-order valence-electron chi connectivity index (χ4n) is 1.19. The van der Waals surface area contributed by atoms with Crippen LogP contribution in [-0.4, -0.2) is 12.4 Å². The summed E-state index contributed by atoms with van der Waals surface area (Å²) in [5.74, 6) is 0.368. The van der Waals surface area contributed by atoms with Gasteiger partial charge in [0.2, 0.25) is 0 Å². The van der Waals surface area contributed by atoms with Gasteiger partial charge in [-0.1, -0.05) is 44.2 Å². The molecule has 0 fully saturated rings. The van der Waals surface area contributed by atoms with Gasteiger partial charge in [0, 0.05) is 6.72 Å². The van der Waals surface area contributed by atoms with E-state index in [0.29, 0.717) is 5.92 Å². The zero-order chi connectivity index (χ0) is 9.68. The molecule has 0 aliphatic heterocycles. The van der Waals surface area contributed by atoms with Crippen LogP contribution in [-0.2, 0) is 0 Å². The summed E-state index contributed by atoms with van der Waals surface area (Å²) in [4.78, 5) is 0. The number of rotatable bonds is 3. The predicted octanol–water partition coefficient (Wildman–Crippen LogP) is 2.75. The standard InChI is InChI=1S/C11H14N2/c1-9(2)11(13-12-3)10-7-5-4-6-8-10/h4-9H,3H2,1-2H3/b13-11-. The van der Waals surface area contributed by atoms with Gasteiger partial charge in [0.1, 0.15) is 0 Å². The highest BCUT2D eigenvalue weighted by Gasteiger charge is 2.06. The van der Waals surface area contributed by atoms with Crippen molar-refractivity contribution in [1.82, 2.24) is 0 Å². The van der Waals surface area contributed by atoms with Gasteiger partial charge in [-0.05, 0) is 11.5 Å². The molecule has 0 saturated heterocycles. The van der Waals surface area contributed by atoms with Crippen molar-refractivity contribution in [3.8, 4) is 0 Å². The molecule has 2 nitrogen and oxygen atoms in total. The third kappa shape index (κ3) is 2.51. The third-order valence-corrected chi connectivity index (χ3v) is 1.79. The topological polar surface area (TPSA) is 24.7 Å². The van der Waals surface area contributed by atoms with Gasteiger partial charge in [0.05, 0.1) is 5.71 Å². The Hall–Kier alpha value is -1.44. The maximum absolute atomic E-state index is 4.02. The molecule has 0 heterocycles. The van der Waals surface area contributed by atoms with E-state index in [1.807, 2.05) is 30.3 Å². The van der Waals surface area contributed by atoms with E-state index in [2.05, 4.69) is 30.8 Å². The van der Waals surface area contributed by atoms with E-state index >= 15 is 0 Å². The fourth-order valence-corrected chi connectivity index (χ4v) is 1.19. The van der Waals surface area contributed by atoms with Crippen LogP contribution in [0.15, 0.2) is 40.5 Å². The van der Waals surface area contributed by atoms with Gasteiger partial charge >= 0.3 is 0 Å². The Bertz CT molecular complexity index is 299. The Kier molecular flexibility index (Phi) is 3.38. The molecular weight excluding hydrogens is 160 g/mol. The molecule has 0 saturated carbocycles. The van der Waals surface area contributed by atoms with Crippen molar-refractivity contribution in [2.45, 2.75) is 13.8 Å². The van der Waals surface area contributed by atoms with Gasteiger partial charge in [0.25, 0.3) is 0 Å². The molecule has 0 aromatic heterocycles. The number of hydrogen-bond acceptors (Lipinski definition) is 2. The lowest BCUT2D eigenvalue weighted by atomic mass is 10.0. The summed E-state index contributed by atoms with van der Waals surface area (Å²) in [6.07, 6.45) is 0. The second kappa shape index (κ2) is 4.55. The lowest BCUT2D eigenvalue weighted by molar-refractivity contribution is 0.877. The van der Waals surface area contributed by atoms with E-state index < -0.39 is 0 Å². The lowest BCUT2D eigenvalue weighted by Gasteiger charge is -2.07. The van der Waals surface area contributed by atoms with E-state index in [1.54, 1.807) is 0 Å². The largest absolute Gasteiger partial charge is 0.167 e. The Morgan fingerprint density at radius 1 is 1.23 bits per heavy atom. The van der Waals surface area contributed by atoms with Crippen molar-refractivity contribution < 1.29 is 0 Å². The van der Waals surface area contributed by atoms with Crippen LogP contribution in [0, 0.1) is 5.92 Å². The fraction of sp³-hybridized carbons (Fsp3) is 0.273. The van der Waals surface area contributed by atoms with Gasteiger partial charge in [0.15, 0.2) is 0 Å². The van der Waals surface area contributed by atoms with Crippen molar-refractivity contribution >= 4 is 12.4 Å². The molecule has 0 N–H and O–H groups in total. The quantitative estimate of drug-likeness (QED) is 0.497.